The molecule has 0 N–H and O–H groups in total. The molecule has 1 fully saturated rings. The van der Waals surface area contributed by atoms with E-state index < -0.39 is 0 Å². The highest BCUT2D eigenvalue weighted by Gasteiger charge is 2.33. The van der Waals surface area contributed by atoms with Gasteiger partial charge in [0.25, 0.3) is 0 Å². The SMILES string of the molecule is COc1ccc2c(c1)CN(C(C)=O)CC(C1CCCN(Cc3ccc(C)s3)C1)O2. The van der Waals surface area contributed by atoms with Crippen LogP contribution in [0.4, 0.5) is 0 Å². The molecule has 1 aromatic heterocycles. The normalized spacial score (nSPS) is 22.5. The molecule has 2 aliphatic rings. The van der Waals surface area contributed by atoms with Crippen molar-refractivity contribution in [2.45, 2.75) is 45.9 Å². The average molecular weight is 415 g/mol. The first-order chi connectivity index (χ1) is 14.0. The molecule has 0 spiro atoms. The van der Waals surface area contributed by atoms with E-state index in [0.717, 1.165) is 43.1 Å². The van der Waals surface area contributed by atoms with Crippen LogP contribution < -0.4 is 9.47 Å². The summed E-state index contributed by atoms with van der Waals surface area (Å²) in [6.07, 6.45) is 2.33. The molecule has 0 bridgehead atoms. The summed E-state index contributed by atoms with van der Waals surface area (Å²) < 4.78 is 11.9. The Morgan fingerprint density at radius 3 is 2.86 bits per heavy atom. The van der Waals surface area contributed by atoms with Crippen LogP contribution in [0.15, 0.2) is 30.3 Å². The zero-order chi connectivity index (χ0) is 20.4. The maximum absolute atomic E-state index is 12.3. The van der Waals surface area contributed by atoms with Crippen LogP contribution in [0.3, 0.4) is 0 Å². The van der Waals surface area contributed by atoms with Gasteiger partial charge < -0.3 is 14.4 Å². The molecule has 0 saturated carbocycles. The number of hydrogen-bond donors (Lipinski definition) is 0. The number of rotatable bonds is 4. The zero-order valence-corrected chi connectivity index (χ0v) is 18.3. The molecule has 1 amide bonds. The van der Waals surface area contributed by atoms with Gasteiger partial charge in [-0.15, -0.1) is 11.3 Å². The lowest BCUT2D eigenvalue weighted by Crippen LogP contribution is -2.46. The number of hydrogen-bond acceptors (Lipinski definition) is 5. The topological polar surface area (TPSA) is 42.0 Å². The maximum atomic E-state index is 12.3. The summed E-state index contributed by atoms with van der Waals surface area (Å²) in [6.45, 7) is 8.17. The fourth-order valence-electron chi connectivity index (χ4n) is 4.42. The zero-order valence-electron chi connectivity index (χ0n) is 17.5. The number of carbonyl (C=O) groups is 1. The number of aryl methyl sites for hydroxylation is 1. The van der Waals surface area contributed by atoms with Crippen molar-refractivity contribution in [1.82, 2.24) is 9.80 Å². The molecule has 5 nitrogen and oxygen atoms in total. The van der Waals surface area contributed by atoms with Crippen LogP contribution in [0.2, 0.25) is 0 Å². The van der Waals surface area contributed by atoms with Crippen molar-refractivity contribution in [2.75, 3.05) is 26.7 Å². The van der Waals surface area contributed by atoms with Crippen LogP contribution in [0, 0.1) is 12.8 Å². The van der Waals surface area contributed by atoms with Crippen molar-refractivity contribution in [2.24, 2.45) is 5.92 Å². The molecule has 156 valence electrons. The Hall–Kier alpha value is -2.05. The second kappa shape index (κ2) is 8.76. The molecular formula is C23H30N2O3S. The lowest BCUT2D eigenvalue weighted by atomic mass is 9.92. The largest absolute Gasteiger partial charge is 0.497 e. The van der Waals surface area contributed by atoms with Gasteiger partial charge in [-0.2, -0.15) is 0 Å². The van der Waals surface area contributed by atoms with Gasteiger partial charge in [-0.25, -0.2) is 0 Å². The van der Waals surface area contributed by atoms with Gasteiger partial charge in [0.15, 0.2) is 0 Å². The Morgan fingerprint density at radius 1 is 1.28 bits per heavy atom. The summed E-state index contributed by atoms with van der Waals surface area (Å²) in [5.41, 5.74) is 1.02. The summed E-state index contributed by atoms with van der Waals surface area (Å²) >= 11 is 1.88. The van der Waals surface area contributed by atoms with Crippen molar-refractivity contribution < 1.29 is 14.3 Å². The van der Waals surface area contributed by atoms with Crippen LogP contribution in [0.1, 0.15) is 35.1 Å². The summed E-state index contributed by atoms with van der Waals surface area (Å²) in [6, 6.07) is 10.4. The first-order valence-corrected chi connectivity index (χ1v) is 11.2. The molecule has 1 aromatic carbocycles. The molecule has 0 aliphatic carbocycles. The highest BCUT2D eigenvalue weighted by Crippen LogP contribution is 2.33. The smallest absolute Gasteiger partial charge is 0.219 e. The van der Waals surface area contributed by atoms with Gasteiger partial charge in [-0.1, -0.05) is 0 Å². The van der Waals surface area contributed by atoms with Crippen LogP contribution in [-0.4, -0.2) is 48.6 Å². The highest BCUT2D eigenvalue weighted by atomic mass is 32.1. The van der Waals surface area contributed by atoms with Gasteiger partial charge in [-0.05, 0) is 56.6 Å². The van der Waals surface area contributed by atoms with Gasteiger partial charge >= 0.3 is 0 Å². The molecule has 2 unspecified atom stereocenters. The average Bonchev–Trinajstić information content (AvgIpc) is 3.01. The highest BCUT2D eigenvalue weighted by molar-refractivity contribution is 7.11. The van der Waals surface area contributed by atoms with E-state index in [4.69, 9.17) is 9.47 Å². The number of nitrogens with zero attached hydrogens (tertiary/aromatic N) is 2. The molecule has 4 rings (SSSR count). The number of benzene rings is 1. The van der Waals surface area contributed by atoms with E-state index in [1.165, 1.54) is 16.2 Å². The monoisotopic (exact) mass is 414 g/mol. The van der Waals surface area contributed by atoms with Crippen molar-refractivity contribution in [1.29, 1.82) is 0 Å². The fourth-order valence-corrected chi connectivity index (χ4v) is 5.36. The second-order valence-electron chi connectivity index (χ2n) is 8.18. The predicted molar refractivity (Wildman–Crippen MR) is 116 cm³/mol. The predicted octanol–water partition coefficient (Wildman–Crippen LogP) is 4.09. The van der Waals surface area contributed by atoms with Crippen LogP contribution in [0.5, 0.6) is 11.5 Å². The van der Waals surface area contributed by atoms with Crippen molar-refractivity contribution in [3.05, 3.63) is 45.6 Å². The number of fused-ring (bicyclic) bond motifs is 1. The van der Waals surface area contributed by atoms with Crippen molar-refractivity contribution in [3.63, 3.8) is 0 Å². The van der Waals surface area contributed by atoms with Gasteiger partial charge in [0.2, 0.25) is 5.91 Å². The number of thiophene rings is 1. The Labute approximate surface area is 177 Å². The number of piperidine rings is 1. The summed E-state index contributed by atoms with van der Waals surface area (Å²) in [5.74, 6) is 2.19. The molecule has 2 atom stereocenters. The molecule has 0 radical (unpaired) electrons. The molecule has 29 heavy (non-hydrogen) atoms. The summed E-state index contributed by atoms with van der Waals surface area (Å²) in [7, 11) is 1.66. The number of amides is 1. The quantitative estimate of drug-likeness (QED) is 0.756. The molecule has 1 saturated heterocycles. The summed E-state index contributed by atoms with van der Waals surface area (Å²) in [5, 5.41) is 0. The molecule has 3 heterocycles. The minimum absolute atomic E-state index is 0.0152. The minimum Gasteiger partial charge on any atom is -0.497 e. The van der Waals surface area contributed by atoms with Gasteiger partial charge in [0, 0.05) is 47.8 Å². The maximum Gasteiger partial charge on any atom is 0.219 e. The molecule has 2 aromatic rings. The third kappa shape index (κ3) is 4.75. The molecule has 2 aliphatic heterocycles. The van der Waals surface area contributed by atoms with Crippen molar-refractivity contribution >= 4 is 17.2 Å². The molecular weight excluding hydrogens is 384 g/mol. The van der Waals surface area contributed by atoms with Crippen LogP contribution in [0.25, 0.3) is 0 Å². The van der Waals surface area contributed by atoms with Crippen molar-refractivity contribution in [3.8, 4) is 11.5 Å². The van der Waals surface area contributed by atoms with E-state index in [2.05, 4.69) is 24.0 Å². The van der Waals surface area contributed by atoms with Crippen LogP contribution >= 0.6 is 11.3 Å². The first kappa shape index (κ1) is 20.2. The molecule has 6 heteroatoms. The lowest BCUT2D eigenvalue weighted by Gasteiger charge is -2.37. The summed E-state index contributed by atoms with van der Waals surface area (Å²) in [4.78, 5) is 19.5. The third-order valence-electron chi connectivity index (χ3n) is 6.00. The van der Waals surface area contributed by atoms with Gasteiger partial charge in [0.1, 0.15) is 17.6 Å². The Kier molecular flexibility index (Phi) is 6.11. The van der Waals surface area contributed by atoms with E-state index in [1.807, 2.05) is 34.4 Å². The number of likely N-dealkylation sites (tertiary alicyclic amines) is 1. The minimum atomic E-state index is 0.0152. The van der Waals surface area contributed by atoms with E-state index in [1.54, 1.807) is 14.0 Å². The van der Waals surface area contributed by atoms with E-state index in [0.29, 0.717) is 19.0 Å². The van der Waals surface area contributed by atoms with E-state index in [-0.39, 0.29) is 12.0 Å². The van der Waals surface area contributed by atoms with Gasteiger partial charge in [0.05, 0.1) is 13.7 Å². The second-order valence-corrected chi connectivity index (χ2v) is 9.55. The Bertz CT molecular complexity index is 866. The third-order valence-corrected chi connectivity index (χ3v) is 6.98. The fraction of sp³-hybridized carbons (Fsp3) is 0.522. The van der Waals surface area contributed by atoms with E-state index in [9.17, 15) is 4.79 Å². The number of ether oxygens (including phenoxy) is 2. The number of methoxy groups -OCH3 is 1. The number of carbonyl (C=O) groups excluding carboxylic acids is 1. The Morgan fingerprint density at radius 2 is 2.14 bits per heavy atom. The first-order valence-electron chi connectivity index (χ1n) is 10.4. The van der Waals surface area contributed by atoms with Gasteiger partial charge in [-0.3, -0.25) is 9.69 Å². The standard InChI is InChI=1S/C23H30N2O3S/c1-16-6-8-21(29-16)14-24-10-4-5-18(12-24)23-15-25(17(2)26)13-19-11-20(27-3)7-9-22(19)28-23/h6-9,11,18,23H,4-5,10,12-15H2,1-3H3. The van der Waals surface area contributed by atoms with E-state index >= 15 is 0 Å². The van der Waals surface area contributed by atoms with Crippen LogP contribution in [-0.2, 0) is 17.9 Å². The Balaban J connectivity index is 1.51. The lowest BCUT2D eigenvalue weighted by molar-refractivity contribution is -0.130.